The molecular formula is C11H21NO2. The Morgan fingerprint density at radius 3 is 2.57 bits per heavy atom. The molecule has 1 aliphatic heterocycles. The molecule has 0 spiro atoms. The highest BCUT2D eigenvalue weighted by atomic mass is 16.3. The standard InChI is InChI=1S/C11H21NO2/c1-3-10(4-2)11(14)12-6-5-9(7-12)8-13/h9-10,13H,3-8H2,1-2H3. The molecule has 1 unspecified atom stereocenters. The Kier molecular flexibility index (Phi) is 4.39. The normalized spacial score (nSPS) is 22.0. The van der Waals surface area contributed by atoms with E-state index in [4.69, 9.17) is 5.11 Å². The van der Waals surface area contributed by atoms with Gasteiger partial charge in [0.15, 0.2) is 0 Å². The Morgan fingerprint density at radius 1 is 1.50 bits per heavy atom. The number of aliphatic hydroxyl groups is 1. The van der Waals surface area contributed by atoms with E-state index in [0.29, 0.717) is 5.92 Å². The van der Waals surface area contributed by atoms with Crippen LogP contribution in [-0.4, -0.2) is 35.6 Å². The quantitative estimate of drug-likeness (QED) is 0.740. The minimum absolute atomic E-state index is 0.187. The Morgan fingerprint density at radius 2 is 2.14 bits per heavy atom. The van der Waals surface area contributed by atoms with E-state index in [1.165, 1.54) is 0 Å². The summed E-state index contributed by atoms with van der Waals surface area (Å²) in [5.74, 6) is 0.784. The number of amides is 1. The summed E-state index contributed by atoms with van der Waals surface area (Å²) in [6.45, 7) is 5.93. The Labute approximate surface area is 86.1 Å². The molecule has 14 heavy (non-hydrogen) atoms. The van der Waals surface area contributed by atoms with Crippen molar-refractivity contribution in [3.63, 3.8) is 0 Å². The summed E-state index contributed by atoms with van der Waals surface area (Å²) in [5, 5.41) is 8.98. The number of likely N-dealkylation sites (tertiary alicyclic amines) is 1. The largest absolute Gasteiger partial charge is 0.396 e. The summed E-state index contributed by atoms with van der Waals surface area (Å²) in [6, 6.07) is 0. The highest BCUT2D eigenvalue weighted by Gasteiger charge is 2.28. The van der Waals surface area contributed by atoms with Crippen molar-refractivity contribution in [1.82, 2.24) is 4.90 Å². The van der Waals surface area contributed by atoms with Crippen LogP contribution < -0.4 is 0 Å². The first-order chi connectivity index (χ1) is 6.72. The van der Waals surface area contributed by atoms with E-state index in [0.717, 1.165) is 32.4 Å². The van der Waals surface area contributed by atoms with Gasteiger partial charge < -0.3 is 10.0 Å². The molecule has 0 radical (unpaired) electrons. The van der Waals surface area contributed by atoms with E-state index in [1.807, 2.05) is 4.90 Å². The van der Waals surface area contributed by atoms with Gasteiger partial charge in [-0.25, -0.2) is 0 Å². The van der Waals surface area contributed by atoms with Crippen molar-refractivity contribution in [2.75, 3.05) is 19.7 Å². The molecule has 1 N–H and O–H groups in total. The molecule has 1 saturated heterocycles. The number of nitrogens with zero attached hydrogens (tertiary/aromatic N) is 1. The number of carbonyl (C=O) groups excluding carboxylic acids is 1. The molecule has 3 heteroatoms. The van der Waals surface area contributed by atoms with E-state index in [1.54, 1.807) is 0 Å². The van der Waals surface area contributed by atoms with Crippen LogP contribution in [0.1, 0.15) is 33.1 Å². The third-order valence-corrected chi connectivity index (χ3v) is 3.19. The second-order valence-corrected chi connectivity index (χ2v) is 4.13. The van der Waals surface area contributed by atoms with E-state index in [9.17, 15) is 4.79 Å². The van der Waals surface area contributed by atoms with Crippen LogP contribution in [0, 0.1) is 11.8 Å². The van der Waals surface area contributed by atoms with E-state index < -0.39 is 0 Å². The van der Waals surface area contributed by atoms with Gasteiger partial charge in [0.1, 0.15) is 0 Å². The monoisotopic (exact) mass is 199 g/mol. The molecule has 1 atom stereocenters. The molecule has 82 valence electrons. The summed E-state index contributed by atoms with van der Waals surface area (Å²) in [4.78, 5) is 13.8. The fourth-order valence-corrected chi connectivity index (χ4v) is 2.08. The molecule has 0 aromatic heterocycles. The predicted octanol–water partition coefficient (Wildman–Crippen LogP) is 1.26. The first-order valence-electron chi connectivity index (χ1n) is 5.62. The molecular weight excluding hydrogens is 178 g/mol. The molecule has 1 rings (SSSR count). The molecule has 3 nitrogen and oxygen atoms in total. The SMILES string of the molecule is CCC(CC)C(=O)N1CCC(CO)C1. The lowest BCUT2D eigenvalue weighted by atomic mass is 10.0. The minimum atomic E-state index is 0.187. The molecule has 1 fully saturated rings. The smallest absolute Gasteiger partial charge is 0.225 e. The van der Waals surface area contributed by atoms with Crippen LogP contribution in [0.25, 0.3) is 0 Å². The molecule has 0 aromatic rings. The zero-order valence-electron chi connectivity index (χ0n) is 9.20. The maximum atomic E-state index is 11.9. The number of rotatable bonds is 4. The van der Waals surface area contributed by atoms with Crippen molar-refractivity contribution >= 4 is 5.91 Å². The van der Waals surface area contributed by atoms with Crippen LogP contribution in [0.15, 0.2) is 0 Å². The summed E-state index contributed by atoms with van der Waals surface area (Å²) in [6.07, 6.45) is 2.81. The summed E-state index contributed by atoms with van der Waals surface area (Å²) < 4.78 is 0. The van der Waals surface area contributed by atoms with Crippen LogP contribution in [0.4, 0.5) is 0 Å². The van der Waals surface area contributed by atoms with Crippen molar-refractivity contribution in [2.24, 2.45) is 11.8 Å². The lowest BCUT2D eigenvalue weighted by molar-refractivity contribution is -0.134. The van der Waals surface area contributed by atoms with Crippen LogP contribution in [0.3, 0.4) is 0 Å². The third-order valence-electron chi connectivity index (χ3n) is 3.19. The topological polar surface area (TPSA) is 40.5 Å². The molecule has 1 amide bonds. The van der Waals surface area contributed by atoms with Crippen molar-refractivity contribution in [3.05, 3.63) is 0 Å². The first kappa shape index (κ1) is 11.5. The Bertz CT molecular complexity index is 190. The summed E-state index contributed by atoms with van der Waals surface area (Å²) >= 11 is 0. The zero-order chi connectivity index (χ0) is 10.6. The number of hydrogen-bond acceptors (Lipinski definition) is 2. The van der Waals surface area contributed by atoms with Gasteiger partial charge >= 0.3 is 0 Å². The fourth-order valence-electron chi connectivity index (χ4n) is 2.08. The highest BCUT2D eigenvalue weighted by molar-refractivity contribution is 5.79. The van der Waals surface area contributed by atoms with Gasteiger partial charge in [0.25, 0.3) is 0 Å². The lowest BCUT2D eigenvalue weighted by Crippen LogP contribution is -2.34. The molecule has 0 aromatic carbocycles. The third kappa shape index (κ3) is 2.47. The van der Waals surface area contributed by atoms with Gasteiger partial charge in [0, 0.05) is 31.5 Å². The number of aliphatic hydroxyl groups excluding tert-OH is 1. The Hall–Kier alpha value is -0.570. The zero-order valence-corrected chi connectivity index (χ0v) is 9.20. The number of carbonyl (C=O) groups is 1. The summed E-state index contributed by atoms with van der Waals surface area (Å²) in [5.41, 5.74) is 0. The van der Waals surface area contributed by atoms with Gasteiger partial charge in [-0.1, -0.05) is 13.8 Å². The van der Waals surface area contributed by atoms with Crippen molar-refractivity contribution in [3.8, 4) is 0 Å². The average molecular weight is 199 g/mol. The maximum Gasteiger partial charge on any atom is 0.225 e. The maximum absolute atomic E-state index is 11.9. The minimum Gasteiger partial charge on any atom is -0.396 e. The van der Waals surface area contributed by atoms with Crippen LogP contribution in [-0.2, 0) is 4.79 Å². The van der Waals surface area contributed by atoms with Gasteiger partial charge in [-0.15, -0.1) is 0 Å². The van der Waals surface area contributed by atoms with Gasteiger partial charge in [0.2, 0.25) is 5.91 Å². The fraction of sp³-hybridized carbons (Fsp3) is 0.909. The molecule has 0 aliphatic carbocycles. The molecule has 0 bridgehead atoms. The van der Waals surface area contributed by atoms with Gasteiger partial charge in [0.05, 0.1) is 0 Å². The van der Waals surface area contributed by atoms with Gasteiger partial charge in [-0.2, -0.15) is 0 Å². The highest BCUT2D eigenvalue weighted by Crippen LogP contribution is 2.20. The molecule has 1 aliphatic rings. The van der Waals surface area contributed by atoms with E-state index in [-0.39, 0.29) is 18.4 Å². The van der Waals surface area contributed by atoms with Crippen LogP contribution in [0.5, 0.6) is 0 Å². The molecule has 0 saturated carbocycles. The predicted molar refractivity (Wildman–Crippen MR) is 55.8 cm³/mol. The second kappa shape index (κ2) is 5.35. The van der Waals surface area contributed by atoms with Gasteiger partial charge in [-0.3, -0.25) is 4.79 Å². The van der Waals surface area contributed by atoms with Crippen LogP contribution >= 0.6 is 0 Å². The van der Waals surface area contributed by atoms with E-state index >= 15 is 0 Å². The summed E-state index contributed by atoms with van der Waals surface area (Å²) in [7, 11) is 0. The second-order valence-electron chi connectivity index (χ2n) is 4.13. The first-order valence-corrected chi connectivity index (χ1v) is 5.62. The number of hydrogen-bond donors (Lipinski definition) is 1. The van der Waals surface area contributed by atoms with Crippen LogP contribution in [0.2, 0.25) is 0 Å². The van der Waals surface area contributed by atoms with Crippen molar-refractivity contribution in [1.29, 1.82) is 0 Å². The van der Waals surface area contributed by atoms with E-state index in [2.05, 4.69) is 13.8 Å². The Balaban J connectivity index is 2.45. The van der Waals surface area contributed by atoms with Gasteiger partial charge in [-0.05, 0) is 19.3 Å². The molecule has 1 heterocycles. The lowest BCUT2D eigenvalue weighted by Gasteiger charge is -2.21. The van der Waals surface area contributed by atoms with Crippen molar-refractivity contribution in [2.45, 2.75) is 33.1 Å². The van der Waals surface area contributed by atoms with Crippen molar-refractivity contribution < 1.29 is 9.90 Å². The average Bonchev–Trinajstić information content (AvgIpc) is 2.67.